The molecule has 0 saturated carbocycles. The quantitative estimate of drug-likeness (QED) is 0.799. The van der Waals surface area contributed by atoms with Gasteiger partial charge in [0.2, 0.25) is 0 Å². The smallest absolute Gasteiger partial charge is 0.340 e. The van der Waals surface area contributed by atoms with Gasteiger partial charge in [-0.1, -0.05) is 30.3 Å². The molecule has 5 nitrogen and oxygen atoms in total. The van der Waals surface area contributed by atoms with Crippen LogP contribution >= 0.6 is 0 Å². The molecule has 112 valence electrons. The number of benzene rings is 2. The molecule has 0 aliphatic rings. The number of aliphatic hydroxyl groups is 1. The standard InChI is InChI=1S/C17H16N2O3/c18-11-13-5-1-2-6-14(13)12-22-17(21)15-7-3-4-8-16(15)19-9-10-20/h1-8,19-20H,9-10,12H2. The Balaban J connectivity index is 2.08. The van der Waals surface area contributed by atoms with E-state index in [1.807, 2.05) is 0 Å². The van der Waals surface area contributed by atoms with Crippen molar-refractivity contribution in [2.75, 3.05) is 18.5 Å². The summed E-state index contributed by atoms with van der Waals surface area (Å²) in [6.45, 7) is 0.359. The second-order valence-electron chi connectivity index (χ2n) is 4.54. The van der Waals surface area contributed by atoms with Crippen molar-refractivity contribution in [3.05, 3.63) is 65.2 Å². The van der Waals surface area contributed by atoms with Crippen LogP contribution in [0.5, 0.6) is 0 Å². The number of esters is 1. The molecular weight excluding hydrogens is 280 g/mol. The molecule has 0 heterocycles. The first-order valence-electron chi connectivity index (χ1n) is 6.85. The summed E-state index contributed by atoms with van der Waals surface area (Å²) in [5.74, 6) is -0.478. The predicted molar refractivity (Wildman–Crippen MR) is 82.3 cm³/mol. The van der Waals surface area contributed by atoms with Gasteiger partial charge in [-0.15, -0.1) is 0 Å². The van der Waals surface area contributed by atoms with E-state index in [0.717, 1.165) is 0 Å². The van der Waals surface area contributed by atoms with Crippen LogP contribution in [0, 0.1) is 11.3 Å². The molecule has 2 rings (SSSR count). The van der Waals surface area contributed by atoms with E-state index < -0.39 is 5.97 Å². The number of anilines is 1. The van der Waals surface area contributed by atoms with Crippen molar-refractivity contribution in [3.8, 4) is 6.07 Å². The number of carbonyl (C=O) groups is 1. The molecule has 0 radical (unpaired) electrons. The van der Waals surface area contributed by atoms with E-state index >= 15 is 0 Å². The number of para-hydroxylation sites is 1. The summed E-state index contributed by atoms with van der Waals surface area (Å²) in [5, 5.41) is 20.8. The average molecular weight is 296 g/mol. The topological polar surface area (TPSA) is 82.3 Å². The molecule has 0 amide bonds. The van der Waals surface area contributed by atoms with Gasteiger partial charge in [0.1, 0.15) is 6.61 Å². The Hall–Kier alpha value is -2.84. The minimum absolute atomic E-state index is 0.0288. The van der Waals surface area contributed by atoms with Gasteiger partial charge in [-0.3, -0.25) is 0 Å². The van der Waals surface area contributed by atoms with Gasteiger partial charge in [-0.25, -0.2) is 4.79 Å². The Labute approximate surface area is 128 Å². The predicted octanol–water partition coefficient (Wildman–Crippen LogP) is 2.32. The van der Waals surface area contributed by atoms with Gasteiger partial charge in [-0.05, 0) is 18.2 Å². The third kappa shape index (κ3) is 3.84. The van der Waals surface area contributed by atoms with Gasteiger partial charge in [0.15, 0.2) is 0 Å². The lowest BCUT2D eigenvalue weighted by atomic mass is 10.1. The fraction of sp³-hybridized carbons (Fsp3) is 0.176. The van der Waals surface area contributed by atoms with Crippen molar-refractivity contribution in [2.45, 2.75) is 6.61 Å². The number of carbonyl (C=O) groups excluding carboxylic acids is 1. The number of aliphatic hydroxyl groups excluding tert-OH is 1. The highest BCUT2D eigenvalue weighted by atomic mass is 16.5. The van der Waals surface area contributed by atoms with Crippen LogP contribution in [0.2, 0.25) is 0 Å². The molecule has 2 aromatic carbocycles. The Morgan fingerprint density at radius 2 is 1.91 bits per heavy atom. The Kier molecular flexibility index (Phi) is 5.52. The number of nitriles is 1. The third-order valence-corrected chi connectivity index (χ3v) is 3.07. The summed E-state index contributed by atoms with van der Waals surface area (Å²) < 4.78 is 5.28. The number of ether oxygens (including phenoxy) is 1. The number of rotatable bonds is 6. The van der Waals surface area contributed by atoms with Crippen LogP contribution in [0.3, 0.4) is 0 Å². The lowest BCUT2D eigenvalue weighted by Gasteiger charge is -2.11. The maximum Gasteiger partial charge on any atom is 0.340 e. The van der Waals surface area contributed by atoms with Crippen LogP contribution in [0.4, 0.5) is 5.69 Å². The van der Waals surface area contributed by atoms with Crippen molar-refractivity contribution in [2.24, 2.45) is 0 Å². The Bertz CT molecular complexity index is 692. The van der Waals surface area contributed by atoms with E-state index in [1.165, 1.54) is 0 Å². The van der Waals surface area contributed by atoms with Crippen LogP contribution in [-0.2, 0) is 11.3 Å². The molecule has 2 N–H and O–H groups in total. The third-order valence-electron chi connectivity index (χ3n) is 3.07. The van der Waals surface area contributed by atoms with E-state index in [9.17, 15) is 4.79 Å². The van der Waals surface area contributed by atoms with Crippen LogP contribution in [0.25, 0.3) is 0 Å². The van der Waals surface area contributed by atoms with E-state index in [-0.39, 0.29) is 13.2 Å². The zero-order valence-electron chi connectivity index (χ0n) is 12.0. The summed E-state index contributed by atoms with van der Waals surface area (Å²) in [4.78, 5) is 12.2. The normalized spacial score (nSPS) is 9.82. The largest absolute Gasteiger partial charge is 0.457 e. The molecule has 0 saturated heterocycles. The van der Waals surface area contributed by atoms with E-state index in [2.05, 4.69) is 11.4 Å². The molecule has 0 aromatic heterocycles. The molecule has 5 heteroatoms. The maximum absolute atomic E-state index is 12.2. The average Bonchev–Trinajstić information content (AvgIpc) is 2.58. The summed E-state index contributed by atoms with van der Waals surface area (Å²) in [7, 11) is 0. The summed E-state index contributed by atoms with van der Waals surface area (Å²) in [6.07, 6.45) is 0. The monoisotopic (exact) mass is 296 g/mol. The van der Waals surface area contributed by atoms with Crippen LogP contribution in [0.15, 0.2) is 48.5 Å². The number of hydrogen-bond acceptors (Lipinski definition) is 5. The first-order chi connectivity index (χ1) is 10.8. The number of nitrogens with one attached hydrogen (secondary N) is 1. The van der Waals surface area contributed by atoms with Crippen LogP contribution in [-0.4, -0.2) is 24.2 Å². The molecule has 0 bridgehead atoms. The van der Waals surface area contributed by atoms with Gasteiger partial charge in [0.25, 0.3) is 0 Å². The van der Waals surface area contributed by atoms with E-state index in [1.54, 1.807) is 48.5 Å². The van der Waals surface area contributed by atoms with Gasteiger partial charge < -0.3 is 15.2 Å². The van der Waals surface area contributed by atoms with E-state index in [4.69, 9.17) is 15.1 Å². The SMILES string of the molecule is N#Cc1ccccc1COC(=O)c1ccccc1NCCO. The second kappa shape index (κ2) is 7.81. The lowest BCUT2D eigenvalue weighted by Crippen LogP contribution is -2.12. The highest BCUT2D eigenvalue weighted by molar-refractivity contribution is 5.95. The van der Waals surface area contributed by atoms with Crippen molar-refractivity contribution >= 4 is 11.7 Å². The first-order valence-corrected chi connectivity index (χ1v) is 6.85. The first kappa shape index (κ1) is 15.5. The summed E-state index contributed by atoms with van der Waals surface area (Å²) >= 11 is 0. The minimum Gasteiger partial charge on any atom is -0.457 e. The number of nitrogens with zero attached hydrogens (tertiary/aromatic N) is 1. The molecule has 0 spiro atoms. The molecule has 0 aliphatic carbocycles. The molecule has 0 fully saturated rings. The van der Waals surface area contributed by atoms with Crippen LogP contribution < -0.4 is 5.32 Å². The molecule has 2 aromatic rings. The summed E-state index contributed by atoms with van der Waals surface area (Å²) in [6, 6.07) is 16.0. The van der Waals surface area contributed by atoms with E-state index in [0.29, 0.717) is 28.9 Å². The number of hydrogen-bond donors (Lipinski definition) is 2. The summed E-state index contributed by atoms with van der Waals surface area (Å²) in [5.41, 5.74) is 2.15. The zero-order chi connectivity index (χ0) is 15.8. The molecular formula is C17H16N2O3. The Morgan fingerprint density at radius 1 is 1.18 bits per heavy atom. The van der Waals surface area contributed by atoms with Gasteiger partial charge in [-0.2, -0.15) is 5.26 Å². The molecule has 0 aliphatic heterocycles. The van der Waals surface area contributed by atoms with Crippen molar-refractivity contribution < 1.29 is 14.6 Å². The highest BCUT2D eigenvalue weighted by Crippen LogP contribution is 2.17. The molecule has 0 unspecified atom stereocenters. The maximum atomic E-state index is 12.2. The minimum atomic E-state index is -0.478. The lowest BCUT2D eigenvalue weighted by molar-refractivity contribution is 0.0473. The van der Waals surface area contributed by atoms with Gasteiger partial charge in [0.05, 0.1) is 23.8 Å². The molecule has 22 heavy (non-hydrogen) atoms. The van der Waals surface area contributed by atoms with Gasteiger partial charge >= 0.3 is 5.97 Å². The zero-order valence-corrected chi connectivity index (χ0v) is 12.0. The van der Waals surface area contributed by atoms with Crippen LogP contribution in [0.1, 0.15) is 21.5 Å². The van der Waals surface area contributed by atoms with Crippen molar-refractivity contribution in [3.63, 3.8) is 0 Å². The second-order valence-corrected chi connectivity index (χ2v) is 4.54. The van der Waals surface area contributed by atoms with Crippen molar-refractivity contribution in [1.29, 1.82) is 5.26 Å². The Morgan fingerprint density at radius 3 is 2.68 bits per heavy atom. The fourth-order valence-electron chi connectivity index (χ4n) is 1.98. The fourth-order valence-corrected chi connectivity index (χ4v) is 1.98. The van der Waals surface area contributed by atoms with Gasteiger partial charge in [0, 0.05) is 17.8 Å². The molecule has 0 atom stereocenters. The highest BCUT2D eigenvalue weighted by Gasteiger charge is 2.13. The van der Waals surface area contributed by atoms with Crippen molar-refractivity contribution in [1.82, 2.24) is 0 Å².